The van der Waals surface area contributed by atoms with Gasteiger partial charge in [0.25, 0.3) is 0 Å². The molecule has 0 fully saturated rings. The minimum absolute atomic E-state index is 0.505. The predicted molar refractivity (Wildman–Crippen MR) is 56.5 cm³/mol. The van der Waals surface area contributed by atoms with Crippen LogP contribution < -0.4 is 10.5 Å². The van der Waals surface area contributed by atoms with Crippen molar-refractivity contribution in [2.75, 3.05) is 12.8 Å². The van der Waals surface area contributed by atoms with Crippen LogP contribution in [0.1, 0.15) is 5.56 Å². The number of nitrogens with two attached hydrogens (primary N) is 1. The molecule has 15 heavy (non-hydrogen) atoms. The summed E-state index contributed by atoms with van der Waals surface area (Å²) in [4.78, 5) is 8.05. The van der Waals surface area contributed by atoms with Crippen LogP contribution in [0.4, 0.5) is 5.95 Å². The van der Waals surface area contributed by atoms with Crippen molar-refractivity contribution in [1.82, 2.24) is 14.5 Å². The maximum absolute atomic E-state index is 5.65. The first-order chi connectivity index (χ1) is 7.29. The van der Waals surface area contributed by atoms with E-state index in [4.69, 9.17) is 10.5 Å². The van der Waals surface area contributed by atoms with Crippen molar-refractivity contribution in [3.63, 3.8) is 0 Å². The average Bonchev–Trinajstić information content (AvgIpc) is 2.66. The maximum Gasteiger partial charge on any atom is 0.212 e. The fourth-order valence-electron chi connectivity index (χ4n) is 1.30. The molecule has 0 unspecified atom stereocenters. The standard InChI is InChI=1S/C10H12N4O/c1-15-9-3-2-8(6-13-9)7-14-5-4-12-10(14)11/h2-6H,7H2,1H3,(H2,11,12). The van der Waals surface area contributed by atoms with Crippen LogP contribution in [0.3, 0.4) is 0 Å². The molecule has 0 aliphatic carbocycles. The van der Waals surface area contributed by atoms with E-state index >= 15 is 0 Å². The molecule has 0 aliphatic heterocycles. The molecule has 5 heteroatoms. The van der Waals surface area contributed by atoms with Gasteiger partial charge in [0.05, 0.1) is 13.7 Å². The molecule has 0 aliphatic rings. The van der Waals surface area contributed by atoms with Crippen molar-refractivity contribution in [3.8, 4) is 5.88 Å². The number of hydrogen-bond acceptors (Lipinski definition) is 4. The Morgan fingerprint density at radius 1 is 1.40 bits per heavy atom. The lowest BCUT2D eigenvalue weighted by Gasteiger charge is -2.04. The smallest absolute Gasteiger partial charge is 0.212 e. The number of nitrogens with zero attached hydrogens (tertiary/aromatic N) is 3. The second-order valence-electron chi connectivity index (χ2n) is 3.12. The molecule has 2 aromatic rings. The van der Waals surface area contributed by atoms with Crippen LogP contribution in [0.5, 0.6) is 5.88 Å². The molecule has 0 amide bonds. The number of aromatic nitrogens is 3. The van der Waals surface area contributed by atoms with E-state index in [-0.39, 0.29) is 0 Å². The lowest BCUT2D eigenvalue weighted by atomic mass is 10.3. The molecule has 2 N–H and O–H groups in total. The Labute approximate surface area is 87.5 Å². The summed E-state index contributed by atoms with van der Waals surface area (Å²) in [7, 11) is 1.59. The van der Waals surface area contributed by atoms with Gasteiger partial charge in [-0.25, -0.2) is 9.97 Å². The summed E-state index contributed by atoms with van der Waals surface area (Å²) in [6.07, 6.45) is 5.27. The number of anilines is 1. The van der Waals surface area contributed by atoms with Crippen LogP contribution in [0.15, 0.2) is 30.7 Å². The van der Waals surface area contributed by atoms with Gasteiger partial charge >= 0.3 is 0 Å². The lowest BCUT2D eigenvalue weighted by Crippen LogP contribution is -2.03. The van der Waals surface area contributed by atoms with Crippen LogP contribution in [0, 0.1) is 0 Å². The van der Waals surface area contributed by atoms with Crippen LogP contribution >= 0.6 is 0 Å². The molecule has 0 saturated carbocycles. The number of rotatable bonds is 3. The summed E-state index contributed by atoms with van der Waals surface area (Å²) >= 11 is 0. The minimum Gasteiger partial charge on any atom is -0.481 e. The van der Waals surface area contributed by atoms with Gasteiger partial charge < -0.3 is 15.0 Å². The highest BCUT2D eigenvalue weighted by Gasteiger charge is 2.00. The summed E-state index contributed by atoms with van der Waals surface area (Å²) in [5.41, 5.74) is 6.71. The first-order valence-electron chi connectivity index (χ1n) is 4.55. The number of nitrogen functional groups attached to an aromatic ring is 1. The Balaban J connectivity index is 2.14. The topological polar surface area (TPSA) is 66.0 Å². The predicted octanol–water partition coefficient (Wildman–Crippen LogP) is 0.917. The zero-order valence-corrected chi connectivity index (χ0v) is 8.42. The number of methoxy groups -OCH3 is 1. The Morgan fingerprint density at radius 2 is 2.27 bits per heavy atom. The van der Waals surface area contributed by atoms with Gasteiger partial charge in [0.15, 0.2) is 5.95 Å². The third kappa shape index (κ3) is 2.07. The second kappa shape index (κ2) is 4.00. The molecule has 0 atom stereocenters. The Morgan fingerprint density at radius 3 is 2.80 bits per heavy atom. The third-order valence-electron chi connectivity index (χ3n) is 2.11. The molecular weight excluding hydrogens is 192 g/mol. The molecule has 0 spiro atoms. The molecule has 2 aromatic heterocycles. The van der Waals surface area contributed by atoms with Gasteiger partial charge in [0, 0.05) is 24.7 Å². The van der Waals surface area contributed by atoms with Crippen molar-refractivity contribution in [2.24, 2.45) is 0 Å². The van der Waals surface area contributed by atoms with E-state index in [2.05, 4.69) is 9.97 Å². The van der Waals surface area contributed by atoms with E-state index in [1.807, 2.05) is 22.9 Å². The van der Waals surface area contributed by atoms with Gasteiger partial charge in [-0.15, -0.1) is 0 Å². The van der Waals surface area contributed by atoms with E-state index in [0.29, 0.717) is 18.4 Å². The molecule has 0 radical (unpaired) electrons. The number of hydrogen-bond donors (Lipinski definition) is 1. The third-order valence-corrected chi connectivity index (χ3v) is 2.11. The SMILES string of the molecule is COc1ccc(Cn2ccnc2N)cn1. The zero-order chi connectivity index (χ0) is 10.7. The zero-order valence-electron chi connectivity index (χ0n) is 8.42. The van der Waals surface area contributed by atoms with E-state index < -0.39 is 0 Å². The molecular formula is C10H12N4O. The fraction of sp³-hybridized carbons (Fsp3) is 0.200. The summed E-state index contributed by atoms with van der Waals surface area (Å²) in [6, 6.07) is 3.77. The van der Waals surface area contributed by atoms with Crippen LogP contribution in [-0.4, -0.2) is 21.6 Å². The monoisotopic (exact) mass is 204 g/mol. The highest BCUT2D eigenvalue weighted by molar-refractivity contribution is 5.22. The summed E-state index contributed by atoms with van der Waals surface area (Å²) in [5.74, 6) is 1.11. The van der Waals surface area contributed by atoms with Gasteiger partial charge in [0.1, 0.15) is 0 Å². The van der Waals surface area contributed by atoms with Crippen LogP contribution in [0.2, 0.25) is 0 Å². The number of ether oxygens (including phenoxy) is 1. The largest absolute Gasteiger partial charge is 0.481 e. The molecule has 0 bridgehead atoms. The molecule has 2 heterocycles. The fourth-order valence-corrected chi connectivity index (χ4v) is 1.30. The van der Waals surface area contributed by atoms with Gasteiger partial charge in [-0.2, -0.15) is 0 Å². The van der Waals surface area contributed by atoms with E-state index in [0.717, 1.165) is 5.56 Å². The van der Waals surface area contributed by atoms with E-state index in [1.54, 1.807) is 19.5 Å². The van der Waals surface area contributed by atoms with Crippen LogP contribution in [0.25, 0.3) is 0 Å². The van der Waals surface area contributed by atoms with E-state index in [1.165, 1.54) is 0 Å². The Kier molecular flexibility index (Phi) is 2.53. The summed E-state index contributed by atoms with van der Waals surface area (Å²) in [5, 5.41) is 0. The van der Waals surface area contributed by atoms with Gasteiger partial charge in [0.2, 0.25) is 5.88 Å². The van der Waals surface area contributed by atoms with Crippen molar-refractivity contribution >= 4 is 5.95 Å². The first-order valence-corrected chi connectivity index (χ1v) is 4.55. The van der Waals surface area contributed by atoms with Crippen LogP contribution in [-0.2, 0) is 6.54 Å². The molecule has 2 rings (SSSR count). The first kappa shape index (κ1) is 9.51. The molecule has 5 nitrogen and oxygen atoms in total. The minimum atomic E-state index is 0.505. The lowest BCUT2D eigenvalue weighted by molar-refractivity contribution is 0.397. The second-order valence-corrected chi connectivity index (χ2v) is 3.12. The molecule has 0 aromatic carbocycles. The van der Waals surface area contributed by atoms with Gasteiger partial charge in [-0.05, 0) is 5.56 Å². The average molecular weight is 204 g/mol. The number of imidazole rings is 1. The van der Waals surface area contributed by atoms with E-state index in [9.17, 15) is 0 Å². The van der Waals surface area contributed by atoms with Crippen molar-refractivity contribution < 1.29 is 4.74 Å². The highest BCUT2D eigenvalue weighted by Crippen LogP contribution is 2.09. The van der Waals surface area contributed by atoms with Crippen molar-refractivity contribution in [3.05, 3.63) is 36.3 Å². The number of pyridine rings is 1. The Bertz CT molecular complexity index is 435. The molecule has 78 valence electrons. The van der Waals surface area contributed by atoms with Crippen molar-refractivity contribution in [2.45, 2.75) is 6.54 Å². The normalized spacial score (nSPS) is 10.2. The maximum atomic E-state index is 5.65. The van der Waals surface area contributed by atoms with Gasteiger partial charge in [-0.3, -0.25) is 0 Å². The van der Waals surface area contributed by atoms with Gasteiger partial charge in [-0.1, -0.05) is 6.07 Å². The highest BCUT2D eigenvalue weighted by atomic mass is 16.5. The quantitative estimate of drug-likeness (QED) is 0.807. The van der Waals surface area contributed by atoms with Crippen molar-refractivity contribution in [1.29, 1.82) is 0 Å². The summed E-state index contributed by atoms with van der Waals surface area (Å²) < 4.78 is 6.82. The Hall–Kier alpha value is -2.04. The molecule has 0 saturated heterocycles. The summed E-state index contributed by atoms with van der Waals surface area (Å²) in [6.45, 7) is 0.669.